The second kappa shape index (κ2) is 7.10. The molecule has 0 fully saturated rings. The van der Waals surface area contributed by atoms with E-state index >= 15 is 0 Å². The SMILES string of the molecule is C=C(C)Cc1ccc(O)c(C)c1.CCC. The fourth-order valence-electron chi connectivity index (χ4n) is 1.18. The van der Waals surface area contributed by atoms with Gasteiger partial charge in [0, 0.05) is 0 Å². The van der Waals surface area contributed by atoms with Crippen LogP contribution in [0.5, 0.6) is 5.75 Å². The van der Waals surface area contributed by atoms with Crippen LogP contribution in [0.3, 0.4) is 0 Å². The largest absolute Gasteiger partial charge is 0.508 e. The van der Waals surface area contributed by atoms with Crippen molar-refractivity contribution < 1.29 is 5.11 Å². The molecule has 15 heavy (non-hydrogen) atoms. The Labute approximate surface area is 93.5 Å². The van der Waals surface area contributed by atoms with E-state index in [1.807, 2.05) is 26.0 Å². The van der Waals surface area contributed by atoms with E-state index in [2.05, 4.69) is 20.4 Å². The number of aromatic hydroxyl groups is 1. The quantitative estimate of drug-likeness (QED) is 0.718. The van der Waals surface area contributed by atoms with Gasteiger partial charge in [-0.15, -0.1) is 0 Å². The van der Waals surface area contributed by atoms with Gasteiger partial charge in [0.1, 0.15) is 5.75 Å². The summed E-state index contributed by atoms with van der Waals surface area (Å²) in [5.74, 6) is 0.362. The lowest BCUT2D eigenvalue weighted by atomic mass is 10.0. The summed E-state index contributed by atoms with van der Waals surface area (Å²) in [6, 6.07) is 5.65. The molecule has 0 heterocycles. The molecule has 0 atom stereocenters. The second-order valence-corrected chi connectivity index (χ2v) is 3.96. The number of aryl methyl sites for hydroxylation is 1. The van der Waals surface area contributed by atoms with Gasteiger partial charge in [-0.1, -0.05) is 44.6 Å². The first-order valence-corrected chi connectivity index (χ1v) is 5.44. The van der Waals surface area contributed by atoms with Crippen LogP contribution in [0.2, 0.25) is 0 Å². The summed E-state index contributed by atoms with van der Waals surface area (Å²) in [4.78, 5) is 0. The van der Waals surface area contributed by atoms with Crippen molar-refractivity contribution in [3.63, 3.8) is 0 Å². The van der Waals surface area contributed by atoms with Crippen molar-refractivity contribution >= 4 is 0 Å². The van der Waals surface area contributed by atoms with Crippen LogP contribution in [0.4, 0.5) is 0 Å². The average molecular weight is 206 g/mol. The molecule has 0 unspecified atom stereocenters. The predicted molar refractivity (Wildman–Crippen MR) is 67.3 cm³/mol. The van der Waals surface area contributed by atoms with Crippen LogP contribution in [0.1, 0.15) is 38.3 Å². The van der Waals surface area contributed by atoms with Gasteiger partial charge in [-0.25, -0.2) is 0 Å². The van der Waals surface area contributed by atoms with E-state index in [4.69, 9.17) is 0 Å². The van der Waals surface area contributed by atoms with Crippen LogP contribution in [0, 0.1) is 6.92 Å². The monoisotopic (exact) mass is 206 g/mol. The molecule has 0 amide bonds. The van der Waals surface area contributed by atoms with Crippen molar-refractivity contribution in [3.05, 3.63) is 41.5 Å². The van der Waals surface area contributed by atoms with Crippen LogP contribution in [-0.4, -0.2) is 5.11 Å². The van der Waals surface area contributed by atoms with Crippen molar-refractivity contribution in [2.75, 3.05) is 0 Å². The molecule has 0 aromatic heterocycles. The molecule has 0 spiro atoms. The number of allylic oxidation sites excluding steroid dienone is 1. The molecule has 1 aromatic rings. The molecule has 1 heteroatoms. The standard InChI is InChI=1S/C11H14O.C3H8/c1-8(2)6-10-4-5-11(12)9(3)7-10;1-3-2/h4-5,7,12H,1,6H2,2-3H3;3H2,1-2H3. The van der Waals surface area contributed by atoms with E-state index in [1.165, 1.54) is 12.0 Å². The lowest BCUT2D eigenvalue weighted by Crippen LogP contribution is -1.86. The Morgan fingerprint density at radius 1 is 1.33 bits per heavy atom. The maximum atomic E-state index is 9.26. The van der Waals surface area contributed by atoms with Crippen molar-refractivity contribution in [2.45, 2.75) is 40.5 Å². The topological polar surface area (TPSA) is 20.2 Å². The van der Waals surface area contributed by atoms with Crippen LogP contribution >= 0.6 is 0 Å². The fourth-order valence-corrected chi connectivity index (χ4v) is 1.18. The molecule has 0 aliphatic heterocycles. The predicted octanol–water partition coefficient (Wildman–Crippen LogP) is 4.24. The lowest BCUT2D eigenvalue weighted by Gasteiger charge is -2.03. The third-order valence-corrected chi connectivity index (χ3v) is 1.77. The zero-order chi connectivity index (χ0) is 11.8. The highest BCUT2D eigenvalue weighted by molar-refractivity contribution is 5.36. The normalized spacial score (nSPS) is 9.07. The summed E-state index contributed by atoms with van der Waals surface area (Å²) in [5, 5.41) is 9.26. The number of hydrogen-bond acceptors (Lipinski definition) is 1. The molecule has 1 aromatic carbocycles. The minimum atomic E-state index is 0.362. The van der Waals surface area contributed by atoms with E-state index in [0.717, 1.165) is 17.6 Å². The molecule has 0 bridgehead atoms. The van der Waals surface area contributed by atoms with Crippen LogP contribution in [-0.2, 0) is 6.42 Å². The van der Waals surface area contributed by atoms with E-state index in [9.17, 15) is 5.11 Å². The summed E-state index contributed by atoms with van der Waals surface area (Å²) in [6.45, 7) is 12.0. The Morgan fingerprint density at radius 3 is 2.27 bits per heavy atom. The molecule has 1 N–H and O–H groups in total. The first-order chi connectivity index (χ1) is 7.01. The Balaban J connectivity index is 0.000000583. The Bertz CT molecular complexity index is 313. The molecule has 0 aliphatic rings. The van der Waals surface area contributed by atoms with Crippen molar-refractivity contribution in [3.8, 4) is 5.75 Å². The van der Waals surface area contributed by atoms with Gasteiger partial charge in [0.15, 0.2) is 0 Å². The molecule has 84 valence electrons. The summed E-state index contributed by atoms with van der Waals surface area (Å²) in [7, 11) is 0. The van der Waals surface area contributed by atoms with Gasteiger partial charge in [0.05, 0.1) is 0 Å². The van der Waals surface area contributed by atoms with E-state index in [0.29, 0.717) is 5.75 Å². The summed E-state index contributed by atoms with van der Waals surface area (Å²) in [5.41, 5.74) is 3.27. The highest BCUT2D eigenvalue weighted by Gasteiger charge is 1.97. The Morgan fingerprint density at radius 2 is 1.87 bits per heavy atom. The maximum absolute atomic E-state index is 9.26. The van der Waals surface area contributed by atoms with Gasteiger partial charge in [0.25, 0.3) is 0 Å². The third-order valence-electron chi connectivity index (χ3n) is 1.77. The molecule has 1 rings (SSSR count). The number of hydrogen-bond donors (Lipinski definition) is 1. The Kier molecular flexibility index (Phi) is 6.52. The number of rotatable bonds is 2. The molecular weight excluding hydrogens is 184 g/mol. The molecular formula is C14H22O. The van der Waals surface area contributed by atoms with Crippen molar-refractivity contribution in [2.24, 2.45) is 0 Å². The molecule has 0 saturated heterocycles. The summed E-state index contributed by atoms with van der Waals surface area (Å²) < 4.78 is 0. The van der Waals surface area contributed by atoms with Gasteiger partial charge in [-0.3, -0.25) is 0 Å². The van der Waals surface area contributed by atoms with Gasteiger partial charge in [-0.05, 0) is 37.5 Å². The van der Waals surface area contributed by atoms with Crippen molar-refractivity contribution in [1.29, 1.82) is 0 Å². The maximum Gasteiger partial charge on any atom is 0.118 e. The van der Waals surface area contributed by atoms with Crippen LogP contribution in [0.15, 0.2) is 30.4 Å². The molecule has 0 aliphatic carbocycles. The average Bonchev–Trinajstić information content (AvgIpc) is 2.12. The third kappa shape index (κ3) is 5.95. The zero-order valence-corrected chi connectivity index (χ0v) is 10.3. The molecule has 0 saturated carbocycles. The van der Waals surface area contributed by atoms with Crippen LogP contribution in [0.25, 0.3) is 0 Å². The Hall–Kier alpha value is -1.24. The fraction of sp³-hybridized carbons (Fsp3) is 0.429. The minimum absolute atomic E-state index is 0.362. The van der Waals surface area contributed by atoms with Gasteiger partial charge in [0.2, 0.25) is 0 Å². The second-order valence-electron chi connectivity index (χ2n) is 3.96. The first kappa shape index (κ1) is 13.8. The summed E-state index contributed by atoms with van der Waals surface area (Å²) >= 11 is 0. The number of phenols is 1. The molecule has 1 nitrogen and oxygen atoms in total. The lowest BCUT2D eigenvalue weighted by molar-refractivity contribution is 0.471. The summed E-state index contributed by atoms with van der Waals surface area (Å²) in [6.07, 6.45) is 2.14. The van der Waals surface area contributed by atoms with Crippen LogP contribution < -0.4 is 0 Å². The minimum Gasteiger partial charge on any atom is -0.508 e. The number of benzene rings is 1. The highest BCUT2D eigenvalue weighted by atomic mass is 16.3. The van der Waals surface area contributed by atoms with Gasteiger partial charge >= 0.3 is 0 Å². The highest BCUT2D eigenvalue weighted by Crippen LogP contribution is 2.18. The van der Waals surface area contributed by atoms with Crippen molar-refractivity contribution in [1.82, 2.24) is 0 Å². The smallest absolute Gasteiger partial charge is 0.118 e. The number of phenolic OH excluding ortho intramolecular Hbond substituents is 1. The van der Waals surface area contributed by atoms with Gasteiger partial charge in [-0.2, -0.15) is 0 Å². The zero-order valence-electron chi connectivity index (χ0n) is 10.3. The van der Waals surface area contributed by atoms with E-state index in [1.54, 1.807) is 6.07 Å². The van der Waals surface area contributed by atoms with Gasteiger partial charge < -0.3 is 5.11 Å². The first-order valence-electron chi connectivity index (χ1n) is 5.44. The van der Waals surface area contributed by atoms with E-state index in [-0.39, 0.29) is 0 Å². The van der Waals surface area contributed by atoms with E-state index < -0.39 is 0 Å². The molecule has 0 radical (unpaired) electrons.